The van der Waals surface area contributed by atoms with Crippen LogP contribution in [0.3, 0.4) is 0 Å². The summed E-state index contributed by atoms with van der Waals surface area (Å²) in [5, 5.41) is 42.2. The third-order valence-corrected chi connectivity index (χ3v) is 3.25. The largest absolute Gasteiger partial charge is 0.469 e. The minimum atomic E-state index is -1.50. The topological polar surface area (TPSA) is 115 Å². The molecule has 4 atom stereocenters. The van der Waals surface area contributed by atoms with Crippen LogP contribution in [-0.4, -0.2) is 57.3 Å². The van der Waals surface area contributed by atoms with Gasteiger partial charge < -0.3 is 25.2 Å². The third kappa shape index (κ3) is 3.02. The molecular formula is C12H15ClN2O5. The van der Waals surface area contributed by atoms with Gasteiger partial charge in [-0.15, -0.1) is 5.10 Å². The molecule has 0 unspecified atom stereocenters. The van der Waals surface area contributed by atoms with Gasteiger partial charge in [0.1, 0.15) is 12.2 Å². The Bertz CT molecular complexity index is 496. The number of para-hydroxylation sites is 1. The number of anilines is 1. The Morgan fingerprint density at radius 2 is 1.90 bits per heavy atom. The van der Waals surface area contributed by atoms with Crippen molar-refractivity contribution in [3.8, 4) is 0 Å². The van der Waals surface area contributed by atoms with Crippen LogP contribution in [-0.2, 0) is 4.74 Å². The van der Waals surface area contributed by atoms with Gasteiger partial charge in [-0.2, -0.15) is 0 Å². The minimum absolute atomic E-state index is 0.234. The van der Waals surface area contributed by atoms with Gasteiger partial charge >= 0.3 is 0 Å². The number of hydrogen-bond donors (Lipinski definition) is 5. The number of rotatable bonds is 3. The second kappa shape index (κ2) is 6.38. The summed E-state index contributed by atoms with van der Waals surface area (Å²) in [7, 11) is 0. The molecule has 0 saturated carbocycles. The summed E-state index contributed by atoms with van der Waals surface area (Å²) in [5.41, 5.74) is 3.07. The zero-order chi connectivity index (χ0) is 14.7. The molecule has 0 bridgehead atoms. The van der Waals surface area contributed by atoms with E-state index in [0.717, 1.165) is 0 Å². The molecule has 0 spiro atoms. The molecule has 1 fully saturated rings. The Morgan fingerprint density at radius 1 is 1.20 bits per heavy atom. The van der Waals surface area contributed by atoms with Crippen molar-refractivity contribution in [3.05, 3.63) is 29.3 Å². The monoisotopic (exact) mass is 302 g/mol. The van der Waals surface area contributed by atoms with E-state index in [9.17, 15) is 15.3 Å². The number of halogens is 1. The van der Waals surface area contributed by atoms with E-state index in [1.165, 1.54) is 0 Å². The van der Waals surface area contributed by atoms with Crippen molar-refractivity contribution < 1.29 is 25.2 Å². The third-order valence-electron chi connectivity index (χ3n) is 2.92. The number of hydrogen-bond acceptors (Lipinski definition) is 7. The van der Waals surface area contributed by atoms with Gasteiger partial charge in [-0.05, 0) is 12.1 Å². The van der Waals surface area contributed by atoms with Crippen LogP contribution < -0.4 is 5.43 Å². The lowest BCUT2D eigenvalue weighted by atomic mass is 10.00. The molecule has 8 heteroatoms. The molecule has 1 aliphatic rings. The number of nitrogens with zero attached hydrogens (tertiary/aromatic N) is 1. The Morgan fingerprint density at radius 3 is 2.55 bits per heavy atom. The molecule has 1 aromatic rings. The molecule has 1 aliphatic heterocycles. The first-order chi connectivity index (χ1) is 9.54. The number of ether oxygens (including phenoxy) is 1. The minimum Gasteiger partial charge on any atom is -0.469 e. The quantitative estimate of drug-likeness (QED) is 0.483. The maximum atomic E-state index is 9.75. The number of benzene rings is 1. The van der Waals surface area contributed by atoms with Crippen LogP contribution >= 0.6 is 11.6 Å². The fourth-order valence-corrected chi connectivity index (χ4v) is 1.93. The smallest absolute Gasteiger partial charge is 0.238 e. The van der Waals surface area contributed by atoms with Gasteiger partial charge in [0.25, 0.3) is 0 Å². The van der Waals surface area contributed by atoms with Crippen LogP contribution in [0.2, 0.25) is 5.02 Å². The van der Waals surface area contributed by atoms with E-state index in [2.05, 4.69) is 10.5 Å². The lowest BCUT2D eigenvalue weighted by Crippen LogP contribution is -2.56. The summed E-state index contributed by atoms with van der Waals surface area (Å²) in [4.78, 5) is 0. The molecule has 20 heavy (non-hydrogen) atoms. The molecule has 1 aromatic carbocycles. The first-order valence-electron chi connectivity index (χ1n) is 5.94. The highest BCUT2D eigenvalue weighted by Crippen LogP contribution is 2.22. The molecule has 7 nitrogen and oxygen atoms in total. The van der Waals surface area contributed by atoms with Crippen molar-refractivity contribution in [2.24, 2.45) is 5.10 Å². The molecule has 110 valence electrons. The highest BCUT2D eigenvalue weighted by Gasteiger charge is 2.42. The van der Waals surface area contributed by atoms with E-state index < -0.39 is 31.0 Å². The van der Waals surface area contributed by atoms with Gasteiger partial charge in [-0.3, -0.25) is 5.43 Å². The SMILES string of the molecule is OC[C@H]1O/C(=N/Nc2ccccc2Cl)[C@H](O)[C@@H](O)[C@@H]1O. The van der Waals surface area contributed by atoms with Crippen molar-refractivity contribution >= 4 is 23.2 Å². The van der Waals surface area contributed by atoms with E-state index in [1.54, 1.807) is 24.3 Å². The number of aliphatic hydroxyl groups is 4. The standard InChI is InChI=1S/C12H15ClN2O5/c13-6-3-1-2-4-7(6)14-15-12-11(19)10(18)9(17)8(5-16)20-12/h1-4,8-11,14,16-19H,5H2/b15-12+/t8-,9-,10+,11-/m1/s1. The maximum Gasteiger partial charge on any atom is 0.238 e. The van der Waals surface area contributed by atoms with Gasteiger partial charge in [-0.25, -0.2) is 0 Å². The van der Waals surface area contributed by atoms with Gasteiger partial charge in [0.15, 0.2) is 12.2 Å². The van der Waals surface area contributed by atoms with Crippen LogP contribution in [0.4, 0.5) is 5.69 Å². The summed E-state index contributed by atoms with van der Waals surface area (Å²) < 4.78 is 5.13. The highest BCUT2D eigenvalue weighted by molar-refractivity contribution is 6.33. The average molecular weight is 303 g/mol. The second-order valence-electron chi connectivity index (χ2n) is 4.31. The molecule has 1 saturated heterocycles. The molecule has 1 heterocycles. The fourth-order valence-electron chi connectivity index (χ4n) is 1.75. The fraction of sp³-hybridized carbons (Fsp3) is 0.417. The molecule has 0 aromatic heterocycles. The molecule has 0 amide bonds. The Balaban J connectivity index is 2.14. The number of aliphatic hydroxyl groups excluding tert-OH is 4. The Labute approximate surface area is 120 Å². The molecule has 5 N–H and O–H groups in total. The van der Waals surface area contributed by atoms with Crippen LogP contribution in [0.1, 0.15) is 0 Å². The first-order valence-corrected chi connectivity index (χ1v) is 6.32. The van der Waals surface area contributed by atoms with Crippen molar-refractivity contribution in [3.63, 3.8) is 0 Å². The van der Waals surface area contributed by atoms with E-state index >= 15 is 0 Å². The predicted octanol–water partition coefficient (Wildman–Crippen LogP) is -0.461. The van der Waals surface area contributed by atoms with Gasteiger partial charge in [0.2, 0.25) is 5.90 Å². The summed E-state index contributed by atoms with van der Waals surface area (Å²) in [5.74, 6) is -0.234. The summed E-state index contributed by atoms with van der Waals surface area (Å²) >= 11 is 5.92. The first kappa shape index (κ1) is 15.0. The van der Waals surface area contributed by atoms with Gasteiger partial charge in [0, 0.05) is 0 Å². The summed E-state index contributed by atoms with van der Waals surface area (Å²) in [6.07, 6.45) is -5.44. The van der Waals surface area contributed by atoms with Gasteiger partial charge in [-0.1, -0.05) is 23.7 Å². The van der Waals surface area contributed by atoms with Crippen molar-refractivity contribution in [2.75, 3.05) is 12.0 Å². The van der Waals surface area contributed by atoms with Crippen molar-refractivity contribution in [2.45, 2.75) is 24.4 Å². The zero-order valence-corrected chi connectivity index (χ0v) is 11.1. The zero-order valence-electron chi connectivity index (χ0n) is 10.3. The van der Waals surface area contributed by atoms with Crippen LogP contribution in [0.25, 0.3) is 0 Å². The molecule has 2 rings (SSSR count). The normalized spacial score (nSPS) is 31.9. The van der Waals surface area contributed by atoms with Crippen LogP contribution in [0, 0.1) is 0 Å². The van der Waals surface area contributed by atoms with Crippen LogP contribution in [0.5, 0.6) is 0 Å². The lowest BCUT2D eigenvalue weighted by Gasteiger charge is -2.35. The van der Waals surface area contributed by atoms with E-state index in [1.807, 2.05) is 0 Å². The Kier molecular flexibility index (Phi) is 4.79. The van der Waals surface area contributed by atoms with E-state index in [4.69, 9.17) is 21.4 Å². The van der Waals surface area contributed by atoms with Crippen LogP contribution in [0.15, 0.2) is 29.4 Å². The molecule has 0 radical (unpaired) electrons. The second-order valence-corrected chi connectivity index (χ2v) is 4.71. The van der Waals surface area contributed by atoms with E-state index in [-0.39, 0.29) is 5.90 Å². The highest BCUT2D eigenvalue weighted by atomic mass is 35.5. The maximum absolute atomic E-state index is 9.75. The molecular weight excluding hydrogens is 288 g/mol. The van der Waals surface area contributed by atoms with Gasteiger partial charge in [0.05, 0.1) is 17.3 Å². The Hall–Kier alpha value is -1.38. The summed E-state index contributed by atoms with van der Waals surface area (Å²) in [6, 6.07) is 6.80. The van der Waals surface area contributed by atoms with Crippen molar-refractivity contribution in [1.29, 1.82) is 0 Å². The number of hydrazone groups is 1. The molecule has 0 aliphatic carbocycles. The lowest BCUT2D eigenvalue weighted by molar-refractivity contribution is -0.128. The van der Waals surface area contributed by atoms with E-state index in [0.29, 0.717) is 10.7 Å². The average Bonchev–Trinajstić information content (AvgIpc) is 2.46. The predicted molar refractivity (Wildman–Crippen MR) is 72.5 cm³/mol. The number of nitrogens with one attached hydrogen (secondary N) is 1. The van der Waals surface area contributed by atoms with Crippen molar-refractivity contribution in [1.82, 2.24) is 0 Å². The summed E-state index contributed by atoms with van der Waals surface area (Å²) in [6.45, 7) is -0.518.